The molecule has 1 aliphatic rings. The fraction of sp³-hybridized carbons (Fsp3) is 0.353. The van der Waals surface area contributed by atoms with Crippen LogP contribution >= 0.6 is 0 Å². The van der Waals surface area contributed by atoms with Gasteiger partial charge in [-0.2, -0.15) is 0 Å². The van der Waals surface area contributed by atoms with Gasteiger partial charge < -0.3 is 4.98 Å². The number of aromatic nitrogens is 1. The van der Waals surface area contributed by atoms with E-state index in [1.54, 1.807) is 0 Å². The molecule has 0 saturated carbocycles. The largest absolute Gasteiger partial charge is 0.321 e. The second-order valence-corrected chi connectivity index (χ2v) is 5.19. The van der Waals surface area contributed by atoms with Crippen LogP contribution in [-0.2, 0) is 19.3 Å². The van der Waals surface area contributed by atoms with E-state index in [9.17, 15) is 4.79 Å². The van der Waals surface area contributed by atoms with Gasteiger partial charge in [0.05, 0.1) is 5.69 Å². The van der Waals surface area contributed by atoms with Crippen molar-refractivity contribution in [2.45, 2.75) is 39.0 Å². The molecule has 98 valence electrons. The summed E-state index contributed by atoms with van der Waals surface area (Å²) in [6.45, 7) is 2.18. The molecule has 19 heavy (non-hydrogen) atoms. The van der Waals surface area contributed by atoms with Crippen LogP contribution in [0.15, 0.2) is 35.1 Å². The summed E-state index contributed by atoms with van der Waals surface area (Å²) in [4.78, 5) is 15.4. The zero-order valence-corrected chi connectivity index (χ0v) is 11.3. The van der Waals surface area contributed by atoms with E-state index in [2.05, 4.69) is 24.0 Å². The van der Waals surface area contributed by atoms with Gasteiger partial charge in [0, 0.05) is 5.56 Å². The summed E-state index contributed by atoms with van der Waals surface area (Å²) in [7, 11) is 0. The molecule has 0 atom stereocenters. The number of aromatic amines is 1. The molecule has 0 spiro atoms. The van der Waals surface area contributed by atoms with Crippen LogP contribution in [0, 0.1) is 0 Å². The Hall–Kier alpha value is -1.83. The van der Waals surface area contributed by atoms with E-state index in [0.29, 0.717) is 0 Å². The Labute approximate surface area is 113 Å². The standard InChI is InChI=1S/C17H19NO/c1-2-13-14-10-6-7-11-15(14)17(19)18-16(13)12-8-4-3-5-9-12/h3-5,8-9H,2,6-7,10-11H2,1H3,(H,18,19). The average Bonchev–Trinajstić information content (AvgIpc) is 2.48. The predicted octanol–water partition coefficient (Wildman–Crippen LogP) is 3.48. The number of hydrogen-bond acceptors (Lipinski definition) is 1. The van der Waals surface area contributed by atoms with E-state index in [1.807, 2.05) is 18.2 Å². The van der Waals surface area contributed by atoms with Crippen molar-refractivity contribution in [3.63, 3.8) is 0 Å². The third kappa shape index (κ3) is 2.12. The quantitative estimate of drug-likeness (QED) is 0.873. The number of benzene rings is 1. The molecule has 3 rings (SSSR count). The Morgan fingerprint density at radius 2 is 1.74 bits per heavy atom. The van der Waals surface area contributed by atoms with Crippen LogP contribution in [0.1, 0.15) is 36.5 Å². The lowest BCUT2D eigenvalue weighted by atomic mass is 9.86. The summed E-state index contributed by atoms with van der Waals surface area (Å²) in [6, 6.07) is 10.2. The monoisotopic (exact) mass is 253 g/mol. The highest BCUT2D eigenvalue weighted by molar-refractivity contribution is 5.65. The van der Waals surface area contributed by atoms with E-state index in [-0.39, 0.29) is 5.56 Å². The minimum atomic E-state index is 0.116. The van der Waals surface area contributed by atoms with Crippen molar-refractivity contribution < 1.29 is 0 Å². The molecule has 1 aliphatic carbocycles. The molecule has 0 fully saturated rings. The summed E-state index contributed by atoms with van der Waals surface area (Å²) in [6.07, 6.45) is 5.32. The van der Waals surface area contributed by atoms with Gasteiger partial charge in [0.1, 0.15) is 0 Å². The smallest absolute Gasteiger partial charge is 0.251 e. The van der Waals surface area contributed by atoms with Crippen molar-refractivity contribution in [1.82, 2.24) is 4.98 Å². The van der Waals surface area contributed by atoms with E-state index in [0.717, 1.165) is 42.5 Å². The first-order valence-corrected chi connectivity index (χ1v) is 7.13. The molecule has 2 heteroatoms. The average molecular weight is 253 g/mol. The van der Waals surface area contributed by atoms with Crippen LogP contribution in [0.4, 0.5) is 0 Å². The Kier molecular flexibility index (Phi) is 3.24. The molecule has 1 aromatic heterocycles. The topological polar surface area (TPSA) is 32.9 Å². The number of H-pyrrole nitrogens is 1. The highest BCUT2D eigenvalue weighted by atomic mass is 16.1. The van der Waals surface area contributed by atoms with Gasteiger partial charge in [0.25, 0.3) is 5.56 Å². The molecule has 1 N–H and O–H groups in total. The number of fused-ring (bicyclic) bond motifs is 1. The van der Waals surface area contributed by atoms with Crippen molar-refractivity contribution in [3.8, 4) is 11.3 Å². The Balaban J connectivity index is 2.26. The van der Waals surface area contributed by atoms with Crippen LogP contribution in [0.25, 0.3) is 11.3 Å². The Morgan fingerprint density at radius 3 is 2.42 bits per heavy atom. The van der Waals surface area contributed by atoms with Gasteiger partial charge in [-0.1, -0.05) is 37.3 Å². The molecule has 0 bridgehead atoms. The Bertz CT molecular complexity index is 640. The number of rotatable bonds is 2. The third-order valence-corrected chi connectivity index (χ3v) is 4.06. The fourth-order valence-electron chi connectivity index (χ4n) is 3.15. The highest BCUT2D eigenvalue weighted by Gasteiger charge is 2.19. The van der Waals surface area contributed by atoms with Crippen molar-refractivity contribution in [2.24, 2.45) is 0 Å². The minimum Gasteiger partial charge on any atom is -0.321 e. The minimum absolute atomic E-state index is 0.116. The zero-order chi connectivity index (χ0) is 13.2. The first-order chi connectivity index (χ1) is 9.31. The maximum Gasteiger partial charge on any atom is 0.251 e. The molecule has 1 aromatic carbocycles. The summed E-state index contributed by atoms with van der Waals surface area (Å²) in [5, 5.41) is 0. The SMILES string of the molecule is CCc1c(-c2ccccc2)[nH]c(=O)c2c1CCCC2. The maximum atomic E-state index is 12.3. The van der Waals surface area contributed by atoms with E-state index in [4.69, 9.17) is 0 Å². The molecule has 1 heterocycles. The van der Waals surface area contributed by atoms with Crippen molar-refractivity contribution in [2.75, 3.05) is 0 Å². The molecule has 0 saturated heterocycles. The predicted molar refractivity (Wildman–Crippen MR) is 78.5 cm³/mol. The van der Waals surface area contributed by atoms with Crippen LogP contribution in [-0.4, -0.2) is 4.98 Å². The first kappa shape index (κ1) is 12.2. The lowest BCUT2D eigenvalue weighted by Gasteiger charge is -2.21. The summed E-state index contributed by atoms with van der Waals surface area (Å²) < 4.78 is 0. The summed E-state index contributed by atoms with van der Waals surface area (Å²) in [5.74, 6) is 0. The lowest BCUT2D eigenvalue weighted by Crippen LogP contribution is -2.22. The van der Waals surface area contributed by atoms with E-state index in [1.165, 1.54) is 17.5 Å². The fourth-order valence-corrected chi connectivity index (χ4v) is 3.15. The van der Waals surface area contributed by atoms with Crippen molar-refractivity contribution >= 4 is 0 Å². The molecule has 2 nitrogen and oxygen atoms in total. The number of nitrogens with one attached hydrogen (secondary N) is 1. The summed E-state index contributed by atoms with van der Waals surface area (Å²) in [5.41, 5.74) is 5.93. The van der Waals surface area contributed by atoms with Gasteiger partial charge in [-0.25, -0.2) is 0 Å². The van der Waals surface area contributed by atoms with E-state index >= 15 is 0 Å². The van der Waals surface area contributed by atoms with Crippen molar-refractivity contribution in [1.29, 1.82) is 0 Å². The molecular formula is C17H19NO. The second-order valence-electron chi connectivity index (χ2n) is 5.19. The van der Waals surface area contributed by atoms with E-state index < -0.39 is 0 Å². The second kappa shape index (κ2) is 5.04. The van der Waals surface area contributed by atoms with Gasteiger partial charge in [0.2, 0.25) is 0 Å². The summed E-state index contributed by atoms with van der Waals surface area (Å²) >= 11 is 0. The van der Waals surface area contributed by atoms with Gasteiger partial charge in [-0.05, 0) is 48.8 Å². The van der Waals surface area contributed by atoms with Crippen LogP contribution in [0.2, 0.25) is 0 Å². The van der Waals surface area contributed by atoms with Crippen LogP contribution in [0.3, 0.4) is 0 Å². The van der Waals surface area contributed by atoms with Crippen molar-refractivity contribution in [3.05, 3.63) is 57.4 Å². The van der Waals surface area contributed by atoms with Gasteiger partial charge in [0.15, 0.2) is 0 Å². The van der Waals surface area contributed by atoms with Gasteiger partial charge in [-0.3, -0.25) is 4.79 Å². The Morgan fingerprint density at radius 1 is 1.05 bits per heavy atom. The maximum absolute atomic E-state index is 12.3. The molecule has 0 aliphatic heterocycles. The lowest BCUT2D eigenvalue weighted by molar-refractivity contribution is 0.670. The van der Waals surface area contributed by atoms with Gasteiger partial charge >= 0.3 is 0 Å². The third-order valence-electron chi connectivity index (χ3n) is 4.06. The van der Waals surface area contributed by atoms with Crippen LogP contribution in [0.5, 0.6) is 0 Å². The molecular weight excluding hydrogens is 234 g/mol. The normalized spacial score (nSPS) is 14.2. The first-order valence-electron chi connectivity index (χ1n) is 7.13. The number of hydrogen-bond donors (Lipinski definition) is 1. The van der Waals surface area contributed by atoms with Gasteiger partial charge in [-0.15, -0.1) is 0 Å². The molecule has 0 amide bonds. The highest BCUT2D eigenvalue weighted by Crippen LogP contribution is 2.29. The molecule has 0 unspecified atom stereocenters. The van der Waals surface area contributed by atoms with Crippen LogP contribution < -0.4 is 5.56 Å². The zero-order valence-electron chi connectivity index (χ0n) is 11.3. The number of pyridine rings is 1. The molecule has 2 aromatic rings. The molecule has 0 radical (unpaired) electrons.